The number of nitrogens with zero attached hydrogens (tertiary/aromatic N) is 2. The third-order valence-corrected chi connectivity index (χ3v) is 6.27. The van der Waals surface area contributed by atoms with E-state index < -0.39 is 24.1 Å². The van der Waals surface area contributed by atoms with E-state index in [-0.39, 0.29) is 18.4 Å². The number of carbonyl (C=O) groups excluding carboxylic acids is 3. The van der Waals surface area contributed by atoms with Crippen LogP contribution in [0, 0.1) is 12.7 Å². The number of hydrogen-bond donors (Lipinski definition) is 1. The minimum Gasteiger partial charge on any atom is -0.438 e. The Morgan fingerprint density at radius 2 is 1.64 bits per heavy atom. The molecule has 0 saturated carbocycles. The first kappa shape index (κ1) is 24.9. The number of hydrogen-bond acceptors (Lipinski definition) is 4. The fraction of sp³-hybridized carbons (Fsp3) is 0.250. The maximum absolute atomic E-state index is 13.3. The Morgan fingerprint density at radius 1 is 1.00 bits per heavy atom. The van der Waals surface area contributed by atoms with Crippen molar-refractivity contribution in [3.8, 4) is 0 Å². The summed E-state index contributed by atoms with van der Waals surface area (Å²) >= 11 is 0. The van der Waals surface area contributed by atoms with Crippen molar-refractivity contribution in [1.82, 2.24) is 9.80 Å². The quantitative estimate of drug-likeness (QED) is 0.511. The number of likely N-dealkylation sites (N-methyl/N-ethyl adjacent to an activating group) is 1. The van der Waals surface area contributed by atoms with E-state index in [0.717, 1.165) is 11.1 Å². The van der Waals surface area contributed by atoms with Crippen molar-refractivity contribution < 1.29 is 23.5 Å². The standard InChI is InChI=1S/C28H28FN3O4/c1-4-31(3)27(34)24-25(36-28(35)32(24)17-19-7-5-18(2)6-8-19)20-11-15-23(16-12-20)30-26(33)21-9-13-22(29)14-10-21/h5-16,24-25H,4,17H2,1-3H3,(H,30,33). The summed E-state index contributed by atoms with van der Waals surface area (Å²) in [6.07, 6.45) is -1.36. The highest BCUT2D eigenvalue weighted by atomic mass is 19.1. The van der Waals surface area contributed by atoms with Gasteiger partial charge in [0.25, 0.3) is 5.91 Å². The summed E-state index contributed by atoms with van der Waals surface area (Å²) in [5.74, 6) is -1.01. The number of carbonyl (C=O) groups is 3. The number of halogens is 1. The normalized spacial score (nSPS) is 17.0. The number of amides is 3. The average Bonchev–Trinajstić information content (AvgIpc) is 3.20. The SMILES string of the molecule is CCN(C)C(=O)C1C(c2ccc(NC(=O)c3ccc(F)cc3)cc2)OC(=O)N1Cc1ccc(C)cc1. The van der Waals surface area contributed by atoms with E-state index in [1.54, 1.807) is 36.2 Å². The Hall–Kier alpha value is -4.20. The highest BCUT2D eigenvalue weighted by Crippen LogP contribution is 2.35. The van der Waals surface area contributed by atoms with Gasteiger partial charge in [-0.1, -0.05) is 42.0 Å². The fourth-order valence-electron chi connectivity index (χ4n) is 4.03. The van der Waals surface area contributed by atoms with Crippen LogP contribution in [-0.2, 0) is 16.1 Å². The molecule has 0 aliphatic carbocycles. The summed E-state index contributed by atoms with van der Waals surface area (Å²) < 4.78 is 18.8. The second-order valence-electron chi connectivity index (χ2n) is 8.80. The number of aryl methyl sites for hydroxylation is 1. The minimum absolute atomic E-state index is 0.214. The molecule has 8 heteroatoms. The van der Waals surface area contributed by atoms with Crippen LogP contribution in [0.5, 0.6) is 0 Å². The first-order chi connectivity index (χ1) is 17.3. The molecule has 0 spiro atoms. The molecule has 3 aromatic rings. The van der Waals surface area contributed by atoms with Gasteiger partial charge in [-0.05, 0) is 61.4 Å². The van der Waals surface area contributed by atoms with Crippen molar-refractivity contribution >= 4 is 23.6 Å². The monoisotopic (exact) mass is 489 g/mol. The lowest BCUT2D eigenvalue weighted by atomic mass is 9.99. The van der Waals surface area contributed by atoms with Gasteiger partial charge in [0, 0.05) is 24.8 Å². The van der Waals surface area contributed by atoms with Gasteiger partial charge >= 0.3 is 6.09 Å². The molecule has 0 radical (unpaired) electrons. The number of nitrogens with one attached hydrogen (secondary N) is 1. The van der Waals surface area contributed by atoms with Crippen LogP contribution in [0.25, 0.3) is 0 Å². The van der Waals surface area contributed by atoms with E-state index in [4.69, 9.17) is 4.74 Å². The van der Waals surface area contributed by atoms with Gasteiger partial charge in [0.2, 0.25) is 5.91 Å². The van der Waals surface area contributed by atoms with Gasteiger partial charge in [-0.2, -0.15) is 0 Å². The van der Waals surface area contributed by atoms with Gasteiger partial charge in [-0.3, -0.25) is 14.5 Å². The molecule has 36 heavy (non-hydrogen) atoms. The zero-order valence-electron chi connectivity index (χ0n) is 20.4. The Balaban J connectivity index is 1.55. The maximum Gasteiger partial charge on any atom is 0.411 e. The lowest BCUT2D eigenvalue weighted by Crippen LogP contribution is -2.46. The predicted molar refractivity (Wildman–Crippen MR) is 134 cm³/mol. The zero-order valence-corrected chi connectivity index (χ0v) is 20.4. The van der Waals surface area contributed by atoms with Crippen molar-refractivity contribution in [3.63, 3.8) is 0 Å². The molecule has 0 bridgehead atoms. The van der Waals surface area contributed by atoms with Crippen LogP contribution in [0.3, 0.4) is 0 Å². The van der Waals surface area contributed by atoms with E-state index >= 15 is 0 Å². The lowest BCUT2D eigenvalue weighted by Gasteiger charge is -2.28. The highest BCUT2D eigenvalue weighted by molar-refractivity contribution is 6.04. The molecule has 186 valence electrons. The summed E-state index contributed by atoms with van der Waals surface area (Å²) in [4.78, 5) is 41.7. The topological polar surface area (TPSA) is 79.0 Å². The zero-order chi connectivity index (χ0) is 25.8. The van der Waals surface area contributed by atoms with Gasteiger partial charge in [0.05, 0.1) is 6.54 Å². The highest BCUT2D eigenvalue weighted by Gasteiger charge is 2.47. The van der Waals surface area contributed by atoms with Crippen LogP contribution in [-0.4, -0.2) is 47.3 Å². The Labute approximate surface area is 209 Å². The molecular weight excluding hydrogens is 461 g/mol. The molecule has 3 aromatic carbocycles. The molecule has 2 atom stereocenters. The molecule has 1 aliphatic rings. The fourth-order valence-corrected chi connectivity index (χ4v) is 4.03. The van der Waals surface area contributed by atoms with Crippen molar-refractivity contribution in [2.45, 2.75) is 32.5 Å². The summed E-state index contributed by atoms with van der Waals surface area (Å²) in [6, 6.07) is 19.0. The Bertz CT molecular complexity index is 1240. The number of anilines is 1. The van der Waals surface area contributed by atoms with Crippen molar-refractivity contribution in [2.75, 3.05) is 18.9 Å². The lowest BCUT2D eigenvalue weighted by molar-refractivity contribution is -0.135. The van der Waals surface area contributed by atoms with Gasteiger partial charge in [-0.25, -0.2) is 9.18 Å². The molecule has 7 nitrogen and oxygen atoms in total. The van der Waals surface area contributed by atoms with E-state index in [0.29, 0.717) is 23.4 Å². The number of rotatable bonds is 7. The Kier molecular flexibility index (Phi) is 7.33. The van der Waals surface area contributed by atoms with Gasteiger partial charge < -0.3 is 15.0 Å². The van der Waals surface area contributed by atoms with Crippen LogP contribution in [0.1, 0.15) is 40.1 Å². The van der Waals surface area contributed by atoms with Crippen LogP contribution in [0.2, 0.25) is 0 Å². The molecule has 1 fully saturated rings. The molecular formula is C28H28FN3O4. The maximum atomic E-state index is 13.3. The molecule has 2 unspecified atom stereocenters. The Morgan fingerprint density at radius 3 is 2.25 bits per heavy atom. The second-order valence-corrected chi connectivity index (χ2v) is 8.80. The molecule has 0 aromatic heterocycles. The molecule has 1 aliphatic heterocycles. The number of benzene rings is 3. The number of ether oxygens (including phenoxy) is 1. The summed E-state index contributed by atoms with van der Waals surface area (Å²) in [5, 5.41) is 2.76. The largest absolute Gasteiger partial charge is 0.438 e. The van der Waals surface area contributed by atoms with Crippen LogP contribution < -0.4 is 5.32 Å². The van der Waals surface area contributed by atoms with E-state index in [9.17, 15) is 18.8 Å². The minimum atomic E-state index is -0.830. The van der Waals surface area contributed by atoms with Crippen molar-refractivity contribution in [3.05, 3.63) is 101 Å². The van der Waals surface area contributed by atoms with Gasteiger partial charge in [-0.15, -0.1) is 0 Å². The molecule has 4 rings (SSSR count). The predicted octanol–water partition coefficient (Wildman–Crippen LogP) is 4.93. The first-order valence-electron chi connectivity index (χ1n) is 11.7. The van der Waals surface area contributed by atoms with E-state index in [1.807, 2.05) is 38.1 Å². The smallest absolute Gasteiger partial charge is 0.411 e. The number of cyclic esters (lactones) is 1. The summed E-state index contributed by atoms with van der Waals surface area (Å²) in [6.45, 7) is 4.59. The molecule has 1 N–H and O–H groups in total. The van der Waals surface area contributed by atoms with Crippen LogP contribution in [0.4, 0.5) is 14.9 Å². The first-order valence-corrected chi connectivity index (χ1v) is 11.7. The van der Waals surface area contributed by atoms with Gasteiger partial charge in [0.15, 0.2) is 12.1 Å². The van der Waals surface area contributed by atoms with Crippen molar-refractivity contribution in [1.29, 1.82) is 0 Å². The van der Waals surface area contributed by atoms with Crippen LogP contribution >= 0.6 is 0 Å². The van der Waals surface area contributed by atoms with Gasteiger partial charge in [0.1, 0.15) is 5.82 Å². The summed E-state index contributed by atoms with van der Waals surface area (Å²) in [5.41, 5.74) is 3.48. The molecule has 1 heterocycles. The molecule has 1 saturated heterocycles. The molecule has 3 amide bonds. The summed E-state index contributed by atoms with van der Waals surface area (Å²) in [7, 11) is 1.69. The van der Waals surface area contributed by atoms with E-state index in [2.05, 4.69) is 5.32 Å². The average molecular weight is 490 g/mol. The van der Waals surface area contributed by atoms with Crippen LogP contribution in [0.15, 0.2) is 72.8 Å². The second kappa shape index (κ2) is 10.6. The van der Waals surface area contributed by atoms with E-state index in [1.165, 1.54) is 29.2 Å². The third-order valence-electron chi connectivity index (χ3n) is 6.27. The van der Waals surface area contributed by atoms with Crippen molar-refractivity contribution in [2.24, 2.45) is 0 Å². The third kappa shape index (κ3) is 5.38.